The summed E-state index contributed by atoms with van der Waals surface area (Å²) in [7, 11) is 3.56. The Kier molecular flexibility index (Phi) is 3.71. The molecule has 0 amide bonds. The Bertz CT molecular complexity index is 875. The number of hydrogen-bond donors (Lipinski definition) is 1. The van der Waals surface area contributed by atoms with Gasteiger partial charge in [-0.25, -0.2) is 0 Å². The van der Waals surface area contributed by atoms with Crippen molar-refractivity contribution >= 4 is 5.69 Å². The number of aryl methyl sites for hydroxylation is 2. The molecular formula is C18H21N5O2. The van der Waals surface area contributed by atoms with Crippen molar-refractivity contribution < 1.29 is 9.26 Å². The van der Waals surface area contributed by atoms with Gasteiger partial charge >= 0.3 is 0 Å². The van der Waals surface area contributed by atoms with Gasteiger partial charge in [0.1, 0.15) is 5.75 Å². The second kappa shape index (κ2) is 5.91. The lowest BCUT2D eigenvalue weighted by Gasteiger charge is -2.12. The highest BCUT2D eigenvalue weighted by Gasteiger charge is 2.50. The van der Waals surface area contributed by atoms with Gasteiger partial charge in [0.25, 0.3) is 0 Å². The van der Waals surface area contributed by atoms with E-state index >= 15 is 0 Å². The molecule has 2 N–H and O–H groups in total. The number of nitrogen functional groups attached to an aromatic ring is 1. The van der Waals surface area contributed by atoms with Crippen LogP contribution in [0.25, 0.3) is 0 Å². The molecular weight excluding hydrogens is 318 g/mol. The number of nitrogens with zero attached hydrogens (tertiary/aromatic N) is 4. The minimum atomic E-state index is -0.137. The lowest BCUT2D eigenvalue weighted by molar-refractivity contribution is 0.369. The first kappa shape index (κ1) is 15.7. The minimum absolute atomic E-state index is 0.137. The van der Waals surface area contributed by atoms with Crippen LogP contribution in [0.2, 0.25) is 0 Å². The van der Waals surface area contributed by atoms with E-state index in [2.05, 4.69) is 27.4 Å². The molecule has 1 aliphatic carbocycles. The number of anilines is 1. The van der Waals surface area contributed by atoms with Crippen molar-refractivity contribution in [3.8, 4) is 5.75 Å². The second-order valence-electron chi connectivity index (χ2n) is 6.50. The number of methoxy groups -OCH3 is 1. The van der Waals surface area contributed by atoms with Crippen LogP contribution < -0.4 is 10.5 Å². The number of rotatable bonds is 6. The van der Waals surface area contributed by atoms with E-state index < -0.39 is 0 Å². The van der Waals surface area contributed by atoms with Gasteiger partial charge in [0, 0.05) is 19.9 Å². The normalized spacial score (nSPS) is 15.3. The van der Waals surface area contributed by atoms with Crippen molar-refractivity contribution in [2.75, 3.05) is 12.8 Å². The Morgan fingerprint density at radius 2 is 2.16 bits per heavy atom. The van der Waals surface area contributed by atoms with E-state index in [-0.39, 0.29) is 5.41 Å². The Morgan fingerprint density at radius 3 is 2.84 bits per heavy atom. The number of benzene rings is 1. The Labute approximate surface area is 145 Å². The summed E-state index contributed by atoms with van der Waals surface area (Å²) in [6.45, 7) is 0. The standard InChI is InChI=1S/C18H21N5O2/c1-23-15(14(19)11-20-23)6-7-16-21-17(22-25-16)18(8-9-18)12-4-3-5-13(10-12)24-2/h3-5,10-11H,6-9,19H2,1-2H3. The van der Waals surface area contributed by atoms with Gasteiger partial charge in [0.15, 0.2) is 5.82 Å². The van der Waals surface area contributed by atoms with Crippen molar-refractivity contribution in [2.45, 2.75) is 31.1 Å². The smallest absolute Gasteiger partial charge is 0.227 e. The first-order chi connectivity index (χ1) is 12.1. The maximum absolute atomic E-state index is 5.93. The van der Waals surface area contributed by atoms with Crippen LogP contribution in [-0.4, -0.2) is 27.0 Å². The maximum atomic E-state index is 5.93. The molecule has 2 aromatic heterocycles. The molecule has 7 nitrogen and oxygen atoms in total. The van der Waals surface area contributed by atoms with Crippen LogP contribution in [0.1, 0.15) is 35.8 Å². The predicted octanol–water partition coefficient (Wildman–Crippen LogP) is 2.26. The zero-order valence-corrected chi connectivity index (χ0v) is 14.4. The first-order valence-corrected chi connectivity index (χ1v) is 8.36. The maximum Gasteiger partial charge on any atom is 0.227 e. The van der Waals surface area contributed by atoms with Crippen LogP contribution in [0.15, 0.2) is 35.0 Å². The third kappa shape index (κ3) is 2.75. The topological polar surface area (TPSA) is 92.0 Å². The van der Waals surface area contributed by atoms with E-state index in [1.807, 2.05) is 19.2 Å². The average molecular weight is 339 g/mol. The van der Waals surface area contributed by atoms with Crippen molar-refractivity contribution in [2.24, 2.45) is 7.05 Å². The van der Waals surface area contributed by atoms with Gasteiger partial charge in [-0.1, -0.05) is 17.3 Å². The van der Waals surface area contributed by atoms with E-state index in [0.717, 1.165) is 36.5 Å². The Hall–Kier alpha value is -2.83. The van der Waals surface area contributed by atoms with E-state index in [4.69, 9.17) is 15.0 Å². The molecule has 0 radical (unpaired) electrons. The Morgan fingerprint density at radius 1 is 1.32 bits per heavy atom. The van der Waals surface area contributed by atoms with Gasteiger partial charge < -0.3 is 15.0 Å². The molecule has 0 aliphatic heterocycles. The van der Waals surface area contributed by atoms with Crippen LogP contribution in [0.3, 0.4) is 0 Å². The van der Waals surface area contributed by atoms with Crippen LogP contribution in [0, 0.1) is 0 Å². The summed E-state index contributed by atoms with van der Waals surface area (Å²) in [6.07, 6.45) is 5.07. The lowest BCUT2D eigenvalue weighted by atomic mass is 9.95. The summed E-state index contributed by atoms with van der Waals surface area (Å²) in [5.74, 6) is 2.23. The molecule has 0 atom stereocenters. The largest absolute Gasteiger partial charge is 0.497 e. The van der Waals surface area contributed by atoms with Crippen molar-refractivity contribution in [3.05, 3.63) is 53.4 Å². The molecule has 0 saturated heterocycles. The fourth-order valence-corrected chi connectivity index (χ4v) is 3.25. The van der Waals surface area contributed by atoms with Crippen molar-refractivity contribution in [1.29, 1.82) is 0 Å². The molecule has 1 aliphatic rings. The van der Waals surface area contributed by atoms with Gasteiger partial charge in [0.2, 0.25) is 5.89 Å². The van der Waals surface area contributed by atoms with E-state index in [9.17, 15) is 0 Å². The molecule has 130 valence electrons. The molecule has 0 bridgehead atoms. The summed E-state index contributed by atoms with van der Waals surface area (Å²) >= 11 is 0. The molecule has 7 heteroatoms. The number of ether oxygens (including phenoxy) is 1. The number of nitrogens with two attached hydrogens (primary N) is 1. The van der Waals surface area contributed by atoms with Gasteiger partial charge in [-0.05, 0) is 30.5 Å². The molecule has 2 heterocycles. The zero-order chi connectivity index (χ0) is 17.4. The quantitative estimate of drug-likeness (QED) is 0.740. The summed E-state index contributed by atoms with van der Waals surface area (Å²) in [6, 6.07) is 8.10. The van der Waals surface area contributed by atoms with E-state index in [1.165, 1.54) is 5.56 Å². The molecule has 0 spiro atoms. The predicted molar refractivity (Wildman–Crippen MR) is 92.3 cm³/mol. The third-order valence-electron chi connectivity index (χ3n) is 4.94. The molecule has 3 aromatic rings. The highest BCUT2D eigenvalue weighted by Crippen LogP contribution is 2.52. The van der Waals surface area contributed by atoms with E-state index in [1.54, 1.807) is 18.0 Å². The highest BCUT2D eigenvalue weighted by molar-refractivity contribution is 5.43. The zero-order valence-electron chi connectivity index (χ0n) is 14.4. The molecule has 4 rings (SSSR count). The minimum Gasteiger partial charge on any atom is -0.497 e. The molecule has 1 fully saturated rings. The van der Waals surface area contributed by atoms with Gasteiger partial charge in [0.05, 0.1) is 30.1 Å². The van der Waals surface area contributed by atoms with Crippen LogP contribution in [-0.2, 0) is 25.3 Å². The molecule has 1 saturated carbocycles. The number of hydrogen-bond acceptors (Lipinski definition) is 6. The summed E-state index contributed by atoms with van der Waals surface area (Å²) in [5.41, 5.74) is 8.64. The SMILES string of the molecule is COc1cccc(C2(c3noc(CCc4c(N)cnn4C)n3)CC2)c1. The summed E-state index contributed by atoms with van der Waals surface area (Å²) in [4.78, 5) is 4.65. The fourth-order valence-electron chi connectivity index (χ4n) is 3.25. The number of aromatic nitrogens is 4. The van der Waals surface area contributed by atoms with Gasteiger partial charge in [-0.3, -0.25) is 4.68 Å². The van der Waals surface area contributed by atoms with Gasteiger partial charge in [-0.15, -0.1) is 0 Å². The molecule has 0 unspecified atom stereocenters. The summed E-state index contributed by atoms with van der Waals surface area (Å²) < 4.78 is 12.6. The second-order valence-corrected chi connectivity index (χ2v) is 6.50. The molecule has 1 aromatic carbocycles. The average Bonchev–Trinajstić information content (AvgIpc) is 3.21. The third-order valence-corrected chi connectivity index (χ3v) is 4.94. The first-order valence-electron chi connectivity index (χ1n) is 8.36. The monoisotopic (exact) mass is 339 g/mol. The van der Waals surface area contributed by atoms with Crippen LogP contribution in [0.4, 0.5) is 5.69 Å². The summed E-state index contributed by atoms with van der Waals surface area (Å²) in [5, 5.41) is 8.40. The van der Waals surface area contributed by atoms with Crippen molar-refractivity contribution in [3.63, 3.8) is 0 Å². The van der Waals surface area contributed by atoms with Crippen molar-refractivity contribution in [1.82, 2.24) is 19.9 Å². The molecule has 25 heavy (non-hydrogen) atoms. The van der Waals surface area contributed by atoms with Crippen LogP contribution in [0.5, 0.6) is 5.75 Å². The fraction of sp³-hybridized carbons (Fsp3) is 0.389. The van der Waals surface area contributed by atoms with E-state index in [0.29, 0.717) is 18.0 Å². The van der Waals surface area contributed by atoms with Gasteiger partial charge in [-0.2, -0.15) is 10.1 Å². The lowest BCUT2D eigenvalue weighted by Crippen LogP contribution is -2.11. The van der Waals surface area contributed by atoms with Crippen LogP contribution >= 0.6 is 0 Å². The Balaban J connectivity index is 1.53. The highest BCUT2D eigenvalue weighted by atomic mass is 16.5.